The number of allylic oxidation sites excluding steroid dienone is 16. The van der Waals surface area contributed by atoms with Crippen LogP contribution in [0, 0.1) is 0 Å². The molecule has 0 bridgehead atoms. The average molecular weight is 931 g/mol. The monoisotopic (exact) mass is 931 g/mol. The van der Waals surface area contributed by atoms with Crippen LogP contribution in [0.4, 0.5) is 0 Å². The molecule has 6 nitrogen and oxygen atoms in total. The molecule has 0 unspecified atom stereocenters. The van der Waals surface area contributed by atoms with Crippen LogP contribution in [0.15, 0.2) is 97.2 Å². The fourth-order valence-electron chi connectivity index (χ4n) is 7.38. The molecule has 67 heavy (non-hydrogen) atoms. The maximum absolute atomic E-state index is 12.8. The van der Waals surface area contributed by atoms with E-state index < -0.39 is 6.10 Å². The van der Waals surface area contributed by atoms with Gasteiger partial charge in [-0.25, -0.2) is 0 Å². The zero-order valence-electron chi connectivity index (χ0n) is 43.6. The van der Waals surface area contributed by atoms with Crippen LogP contribution in [0.5, 0.6) is 0 Å². The van der Waals surface area contributed by atoms with Gasteiger partial charge in [-0.2, -0.15) is 0 Å². The molecule has 0 saturated heterocycles. The van der Waals surface area contributed by atoms with Crippen molar-refractivity contribution in [2.75, 3.05) is 13.2 Å². The van der Waals surface area contributed by atoms with Crippen molar-refractivity contribution in [1.29, 1.82) is 0 Å². The molecule has 0 saturated carbocycles. The van der Waals surface area contributed by atoms with Crippen molar-refractivity contribution < 1.29 is 28.6 Å². The van der Waals surface area contributed by atoms with Gasteiger partial charge >= 0.3 is 17.9 Å². The summed E-state index contributed by atoms with van der Waals surface area (Å²) < 4.78 is 16.8. The summed E-state index contributed by atoms with van der Waals surface area (Å²) in [7, 11) is 0. The molecule has 6 heteroatoms. The van der Waals surface area contributed by atoms with Crippen LogP contribution in [0.1, 0.15) is 252 Å². The molecule has 0 radical (unpaired) electrons. The van der Waals surface area contributed by atoms with E-state index in [9.17, 15) is 14.4 Å². The van der Waals surface area contributed by atoms with E-state index in [4.69, 9.17) is 14.2 Å². The van der Waals surface area contributed by atoms with Crippen LogP contribution >= 0.6 is 0 Å². The molecular weight excluding hydrogens is 829 g/mol. The lowest BCUT2D eigenvalue weighted by Gasteiger charge is -2.18. The molecule has 0 aliphatic rings. The summed E-state index contributed by atoms with van der Waals surface area (Å²) in [5.74, 6) is -1.01. The highest BCUT2D eigenvalue weighted by molar-refractivity contribution is 5.71. The van der Waals surface area contributed by atoms with Crippen LogP contribution in [-0.4, -0.2) is 37.2 Å². The van der Waals surface area contributed by atoms with Crippen LogP contribution in [-0.2, 0) is 28.6 Å². The predicted molar refractivity (Wildman–Crippen MR) is 288 cm³/mol. The second-order valence-electron chi connectivity index (χ2n) is 18.1. The Hall–Kier alpha value is -3.67. The zero-order chi connectivity index (χ0) is 48.6. The fraction of sp³-hybridized carbons (Fsp3) is 0.689. The SMILES string of the molecule is CC/C=C\C/C=C\C/C=C\C/C=C\CCCCC(=O)O[C@H](COC(=O)CCC/C=C\C/C=C\C/C=C\CCCCCCCC)COC(=O)CCCCCCCCC/C=C\CCCCCCCC. The van der Waals surface area contributed by atoms with E-state index in [2.05, 4.69) is 118 Å². The number of hydrogen-bond donors (Lipinski definition) is 0. The molecular formula is C61H102O6. The second kappa shape index (κ2) is 54.9. The molecule has 0 fully saturated rings. The molecule has 0 aliphatic carbocycles. The van der Waals surface area contributed by atoms with Gasteiger partial charge in [-0.3, -0.25) is 14.4 Å². The van der Waals surface area contributed by atoms with E-state index in [0.29, 0.717) is 19.3 Å². The highest BCUT2D eigenvalue weighted by Gasteiger charge is 2.19. The third-order valence-corrected chi connectivity index (χ3v) is 11.5. The van der Waals surface area contributed by atoms with Gasteiger partial charge in [-0.1, -0.05) is 214 Å². The highest BCUT2D eigenvalue weighted by Crippen LogP contribution is 2.13. The standard InChI is InChI=1S/C61H102O6/c1-4-7-10-13-16-19-22-25-28-30-33-35-38-41-44-47-50-53-59(62)65-56-58(67-61(64)55-52-49-46-43-40-37-32-27-24-21-18-15-12-9-6-3)57-66-60(63)54-51-48-45-42-39-36-34-31-29-26-23-20-17-14-11-8-5-2/h9,12,18,21,25-29,32-33,35,40-41,43-44,58H,4-8,10-11,13-17,19-20,22-24,30-31,34,36-39,42,45-57H2,1-3H3/b12-9-,21-18-,28-25-,29-26-,32-27-,35-33-,43-40-,44-41-/t58-/m1/s1. The van der Waals surface area contributed by atoms with E-state index >= 15 is 0 Å². The number of carbonyl (C=O) groups excluding carboxylic acids is 3. The minimum atomic E-state index is -0.822. The van der Waals surface area contributed by atoms with E-state index in [0.717, 1.165) is 77.0 Å². The molecule has 382 valence electrons. The lowest BCUT2D eigenvalue weighted by atomic mass is 10.1. The molecule has 0 amide bonds. The Kier molecular flexibility index (Phi) is 51.9. The normalized spacial score (nSPS) is 12.8. The first-order valence-electron chi connectivity index (χ1n) is 27.7. The van der Waals surface area contributed by atoms with Gasteiger partial charge in [0.25, 0.3) is 0 Å². The van der Waals surface area contributed by atoms with Crippen LogP contribution in [0.3, 0.4) is 0 Å². The molecule has 0 spiro atoms. The first kappa shape index (κ1) is 63.3. The molecule has 0 N–H and O–H groups in total. The Balaban J connectivity index is 4.52. The van der Waals surface area contributed by atoms with E-state index in [1.165, 1.54) is 122 Å². The molecule has 0 heterocycles. The van der Waals surface area contributed by atoms with Gasteiger partial charge < -0.3 is 14.2 Å². The van der Waals surface area contributed by atoms with Gasteiger partial charge in [-0.15, -0.1) is 0 Å². The number of esters is 3. The number of rotatable bonds is 49. The van der Waals surface area contributed by atoms with Crippen LogP contribution in [0.2, 0.25) is 0 Å². The average Bonchev–Trinajstić information content (AvgIpc) is 3.33. The summed E-state index contributed by atoms with van der Waals surface area (Å²) in [4.78, 5) is 38.1. The summed E-state index contributed by atoms with van der Waals surface area (Å²) in [6, 6.07) is 0. The minimum absolute atomic E-state index is 0.113. The summed E-state index contributed by atoms with van der Waals surface area (Å²) in [5, 5.41) is 0. The van der Waals surface area contributed by atoms with Gasteiger partial charge in [0.2, 0.25) is 0 Å². The Morgan fingerprint density at radius 1 is 0.313 bits per heavy atom. The number of hydrogen-bond acceptors (Lipinski definition) is 6. The lowest BCUT2D eigenvalue weighted by Crippen LogP contribution is -2.30. The summed E-state index contributed by atoms with van der Waals surface area (Å²) in [6.07, 6.45) is 72.6. The largest absolute Gasteiger partial charge is 0.462 e. The summed E-state index contributed by atoms with van der Waals surface area (Å²) in [5.41, 5.74) is 0. The summed E-state index contributed by atoms with van der Waals surface area (Å²) >= 11 is 0. The van der Waals surface area contributed by atoms with Gasteiger partial charge in [0.05, 0.1) is 0 Å². The lowest BCUT2D eigenvalue weighted by molar-refractivity contribution is -0.167. The maximum atomic E-state index is 12.8. The van der Waals surface area contributed by atoms with Crippen molar-refractivity contribution in [2.45, 2.75) is 258 Å². The Morgan fingerprint density at radius 2 is 0.597 bits per heavy atom. The van der Waals surface area contributed by atoms with Gasteiger partial charge in [0, 0.05) is 19.3 Å². The minimum Gasteiger partial charge on any atom is -0.462 e. The number of ether oxygens (including phenoxy) is 3. The topological polar surface area (TPSA) is 78.9 Å². The second-order valence-corrected chi connectivity index (χ2v) is 18.1. The van der Waals surface area contributed by atoms with Crippen molar-refractivity contribution in [3.63, 3.8) is 0 Å². The van der Waals surface area contributed by atoms with Gasteiger partial charge in [-0.05, 0) is 116 Å². The van der Waals surface area contributed by atoms with Crippen molar-refractivity contribution in [1.82, 2.24) is 0 Å². The first-order chi connectivity index (χ1) is 33.0. The number of unbranched alkanes of at least 4 members (excludes halogenated alkanes) is 22. The predicted octanol–water partition coefficient (Wildman–Crippen LogP) is 18.5. The van der Waals surface area contributed by atoms with Gasteiger partial charge in [0.1, 0.15) is 13.2 Å². The van der Waals surface area contributed by atoms with Crippen molar-refractivity contribution in [2.24, 2.45) is 0 Å². The maximum Gasteiger partial charge on any atom is 0.306 e. The molecule has 1 atom stereocenters. The van der Waals surface area contributed by atoms with E-state index in [1.54, 1.807) is 0 Å². The smallest absolute Gasteiger partial charge is 0.306 e. The Morgan fingerprint density at radius 3 is 1.01 bits per heavy atom. The molecule has 0 aromatic heterocycles. The number of carbonyl (C=O) groups is 3. The summed E-state index contributed by atoms with van der Waals surface area (Å²) in [6.45, 7) is 6.43. The molecule has 0 rings (SSSR count). The van der Waals surface area contributed by atoms with Crippen molar-refractivity contribution in [3.05, 3.63) is 97.2 Å². The Bertz CT molecular complexity index is 1350. The van der Waals surface area contributed by atoms with Crippen molar-refractivity contribution >= 4 is 17.9 Å². The van der Waals surface area contributed by atoms with Crippen LogP contribution < -0.4 is 0 Å². The Labute approximate surface area is 413 Å². The zero-order valence-corrected chi connectivity index (χ0v) is 43.6. The fourth-order valence-corrected chi connectivity index (χ4v) is 7.38. The highest BCUT2D eigenvalue weighted by atomic mass is 16.6. The van der Waals surface area contributed by atoms with E-state index in [-0.39, 0.29) is 44.0 Å². The van der Waals surface area contributed by atoms with Gasteiger partial charge in [0.15, 0.2) is 6.10 Å². The quantitative estimate of drug-likeness (QED) is 0.0262. The molecule has 0 aliphatic heterocycles. The third kappa shape index (κ3) is 53.2. The van der Waals surface area contributed by atoms with E-state index in [1.807, 2.05) is 0 Å². The first-order valence-corrected chi connectivity index (χ1v) is 27.7. The third-order valence-electron chi connectivity index (χ3n) is 11.5. The molecule has 0 aromatic carbocycles. The van der Waals surface area contributed by atoms with Crippen molar-refractivity contribution in [3.8, 4) is 0 Å². The van der Waals surface area contributed by atoms with Crippen LogP contribution in [0.25, 0.3) is 0 Å². The molecule has 0 aromatic rings.